The van der Waals surface area contributed by atoms with E-state index < -0.39 is 97.5 Å². The van der Waals surface area contributed by atoms with Crippen LogP contribution in [0, 0.1) is 23.7 Å². The first-order valence-corrected chi connectivity index (χ1v) is 37.7. The van der Waals surface area contributed by atoms with Crippen molar-refractivity contribution in [2.24, 2.45) is 23.7 Å². The molecule has 0 rings (SSSR count). The van der Waals surface area contributed by atoms with E-state index in [2.05, 4.69) is 55.4 Å². The summed E-state index contributed by atoms with van der Waals surface area (Å²) in [5.74, 6) is 0.758. The fourth-order valence-corrected chi connectivity index (χ4v) is 11.5. The Kier molecular flexibility index (Phi) is 55.7. The highest BCUT2D eigenvalue weighted by Crippen LogP contribution is 2.45. The zero-order valence-corrected chi connectivity index (χ0v) is 57.7. The predicted octanol–water partition coefficient (Wildman–Crippen LogP) is 18.5. The number of hydrogen-bond donors (Lipinski definition) is 3. The Hall–Kier alpha value is -1.94. The van der Waals surface area contributed by atoms with Gasteiger partial charge >= 0.3 is 39.5 Å². The molecule has 0 saturated carbocycles. The fraction of sp³-hybridized carbons (Fsp3) is 0.940. The monoisotopic (exact) mass is 1270 g/mol. The highest BCUT2D eigenvalue weighted by molar-refractivity contribution is 7.47. The predicted molar refractivity (Wildman–Crippen MR) is 344 cm³/mol. The van der Waals surface area contributed by atoms with Crippen LogP contribution in [0.5, 0.6) is 0 Å². The first-order chi connectivity index (χ1) is 41.1. The van der Waals surface area contributed by atoms with Gasteiger partial charge in [-0.2, -0.15) is 0 Å². The van der Waals surface area contributed by atoms with E-state index in [0.29, 0.717) is 37.5 Å². The first kappa shape index (κ1) is 84.1. The van der Waals surface area contributed by atoms with E-state index in [1.807, 2.05) is 0 Å². The minimum absolute atomic E-state index is 0.102. The molecule has 510 valence electrons. The summed E-state index contributed by atoms with van der Waals surface area (Å²) in [5, 5.41) is 10.6. The zero-order chi connectivity index (χ0) is 63.9. The summed E-state index contributed by atoms with van der Waals surface area (Å²) in [6.45, 7) is 14.0. The number of aliphatic hydroxyl groups excluding tert-OH is 1. The number of aliphatic hydroxyl groups is 1. The molecule has 0 aromatic rings. The summed E-state index contributed by atoms with van der Waals surface area (Å²) in [6.07, 6.45) is 37.8. The molecule has 0 bridgehead atoms. The van der Waals surface area contributed by atoms with E-state index in [0.717, 1.165) is 108 Å². The average Bonchev–Trinajstić information content (AvgIpc) is 3.67. The van der Waals surface area contributed by atoms with Gasteiger partial charge < -0.3 is 33.8 Å². The highest BCUT2D eigenvalue weighted by atomic mass is 31.2. The normalized spacial score (nSPS) is 14.4. The topological polar surface area (TPSA) is 237 Å². The molecule has 0 aliphatic rings. The highest BCUT2D eigenvalue weighted by Gasteiger charge is 2.30. The van der Waals surface area contributed by atoms with Gasteiger partial charge in [0.15, 0.2) is 12.2 Å². The van der Waals surface area contributed by atoms with Crippen molar-refractivity contribution in [2.75, 3.05) is 39.6 Å². The van der Waals surface area contributed by atoms with Crippen LogP contribution in [0.3, 0.4) is 0 Å². The molecule has 0 saturated heterocycles. The molecule has 3 N–H and O–H groups in total. The van der Waals surface area contributed by atoms with Crippen LogP contribution in [-0.2, 0) is 65.4 Å². The Bertz CT molecular complexity index is 1710. The van der Waals surface area contributed by atoms with Crippen molar-refractivity contribution in [1.29, 1.82) is 0 Å². The molecule has 5 atom stereocenters. The zero-order valence-electron chi connectivity index (χ0n) is 55.9. The molecule has 0 aliphatic carbocycles. The molecule has 0 heterocycles. The molecule has 0 aromatic heterocycles. The van der Waals surface area contributed by atoms with Crippen LogP contribution in [0.15, 0.2) is 0 Å². The van der Waals surface area contributed by atoms with E-state index in [1.165, 1.54) is 122 Å². The maximum Gasteiger partial charge on any atom is 0.472 e. The number of rotatable bonds is 64. The summed E-state index contributed by atoms with van der Waals surface area (Å²) < 4.78 is 68.1. The van der Waals surface area contributed by atoms with Gasteiger partial charge in [-0.25, -0.2) is 9.13 Å². The van der Waals surface area contributed by atoms with Crippen molar-refractivity contribution in [1.82, 2.24) is 0 Å². The van der Waals surface area contributed by atoms with E-state index >= 15 is 0 Å². The molecule has 2 unspecified atom stereocenters. The molecule has 0 radical (unpaired) electrons. The summed E-state index contributed by atoms with van der Waals surface area (Å²) in [6, 6.07) is 0. The van der Waals surface area contributed by atoms with Crippen molar-refractivity contribution in [2.45, 2.75) is 343 Å². The van der Waals surface area contributed by atoms with Crippen LogP contribution in [0.2, 0.25) is 0 Å². The summed E-state index contributed by atoms with van der Waals surface area (Å²) in [5.41, 5.74) is 0. The lowest BCUT2D eigenvalue weighted by Crippen LogP contribution is -2.30. The summed E-state index contributed by atoms with van der Waals surface area (Å²) >= 11 is 0. The van der Waals surface area contributed by atoms with E-state index in [1.54, 1.807) is 0 Å². The number of ether oxygens (including phenoxy) is 4. The van der Waals surface area contributed by atoms with Gasteiger partial charge in [0.25, 0.3) is 0 Å². The lowest BCUT2D eigenvalue weighted by atomic mass is 10.0. The number of phosphoric acid groups is 2. The molecule has 0 spiro atoms. The van der Waals surface area contributed by atoms with Crippen LogP contribution in [0.25, 0.3) is 0 Å². The Morgan fingerprint density at radius 1 is 0.291 bits per heavy atom. The number of carbonyl (C=O) groups excluding carboxylic acids is 4. The van der Waals surface area contributed by atoms with E-state index in [4.69, 9.17) is 37.0 Å². The van der Waals surface area contributed by atoms with Gasteiger partial charge in [0.1, 0.15) is 19.3 Å². The van der Waals surface area contributed by atoms with Gasteiger partial charge in [0.2, 0.25) is 0 Å². The third-order valence-electron chi connectivity index (χ3n) is 15.3. The lowest BCUT2D eigenvalue weighted by Gasteiger charge is -2.21. The van der Waals surface area contributed by atoms with Crippen LogP contribution in [0.4, 0.5) is 0 Å². The molecule has 0 fully saturated rings. The molecule has 0 aromatic carbocycles. The molecule has 0 aliphatic heterocycles. The van der Waals surface area contributed by atoms with Gasteiger partial charge in [0, 0.05) is 25.7 Å². The van der Waals surface area contributed by atoms with Crippen LogP contribution in [-0.4, -0.2) is 96.7 Å². The van der Waals surface area contributed by atoms with Gasteiger partial charge in [-0.05, 0) is 49.4 Å². The van der Waals surface area contributed by atoms with Crippen molar-refractivity contribution in [3.8, 4) is 0 Å². The molecule has 0 amide bonds. The van der Waals surface area contributed by atoms with Gasteiger partial charge in [-0.15, -0.1) is 0 Å². The third-order valence-corrected chi connectivity index (χ3v) is 17.2. The molecular weight excluding hydrogens is 1140 g/mol. The smallest absolute Gasteiger partial charge is 0.462 e. The average molecular weight is 1270 g/mol. The SMILES string of the molecule is CC(C)CCCCCCCCCCCCCCC(=O)O[C@H](COC(=O)CCCCCCCCC(C)C)COP(=O)(O)OC[C@H](O)COP(=O)(O)OC[C@@H](COC(=O)CCCCCCCCCCCC(C)C)OC(=O)CCCCCCCCCC(C)C. The minimum Gasteiger partial charge on any atom is -0.462 e. The van der Waals surface area contributed by atoms with E-state index in [-0.39, 0.29) is 25.7 Å². The Labute approximate surface area is 524 Å². The second-order valence-corrected chi connectivity index (χ2v) is 29.0. The quantitative estimate of drug-likeness (QED) is 0.0222. The van der Waals surface area contributed by atoms with Crippen LogP contribution in [0.1, 0.15) is 325 Å². The second-order valence-electron chi connectivity index (χ2n) is 26.1. The van der Waals surface area contributed by atoms with Gasteiger partial charge in [-0.1, -0.05) is 274 Å². The largest absolute Gasteiger partial charge is 0.472 e. The van der Waals surface area contributed by atoms with Gasteiger partial charge in [-0.3, -0.25) is 37.3 Å². The van der Waals surface area contributed by atoms with Crippen LogP contribution >= 0.6 is 15.6 Å². The second kappa shape index (κ2) is 57.0. The molecular formula is C67H130O17P2. The molecule has 17 nitrogen and oxygen atoms in total. The standard InChI is InChI=1S/C67H130O17P2/c1-57(2)43-35-27-19-14-11-9-10-12-16-23-33-41-49-66(71)83-63(54-78-65(70)48-40-32-26-25-30-38-46-60(7)8)56-82-86(75,76)80-52-61(68)51-79-85(73,74)81-55-62(84-67(72)50-42-34-24-18-21-29-37-45-59(5)6)53-77-64(69)47-39-31-22-17-13-15-20-28-36-44-58(3)4/h57-63,68H,9-56H2,1-8H3,(H,73,74)(H,75,76)/t61-,62-,63-/m1/s1. The molecule has 86 heavy (non-hydrogen) atoms. The third kappa shape index (κ3) is 60.9. The molecule has 19 heteroatoms. The summed E-state index contributed by atoms with van der Waals surface area (Å²) in [7, 11) is -9.89. The number of carbonyl (C=O) groups is 4. The van der Waals surface area contributed by atoms with Crippen molar-refractivity contribution < 1.29 is 80.2 Å². The van der Waals surface area contributed by atoms with Crippen LogP contribution < -0.4 is 0 Å². The first-order valence-electron chi connectivity index (χ1n) is 34.7. The fourth-order valence-electron chi connectivity index (χ4n) is 9.96. The maximum atomic E-state index is 13.0. The Morgan fingerprint density at radius 2 is 0.488 bits per heavy atom. The number of esters is 4. The number of phosphoric ester groups is 2. The summed E-state index contributed by atoms with van der Waals surface area (Å²) in [4.78, 5) is 72.3. The Morgan fingerprint density at radius 3 is 0.721 bits per heavy atom. The maximum absolute atomic E-state index is 13.0. The number of unbranched alkanes of at least 4 members (excludes halogenated alkanes) is 30. The Balaban J connectivity index is 5.23. The van der Waals surface area contributed by atoms with E-state index in [9.17, 15) is 43.2 Å². The van der Waals surface area contributed by atoms with Crippen molar-refractivity contribution in [3.63, 3.8) is 0 Å². The minimum atomic E-state index is -4.95. The van der Waals surface area contributed by atoms with Crippen molar-refractivity contribution in [3.05, 3.63) is 0 Å². The number of hydrogen-bond acceptors (Lipinski definition) is 15. The van der Waals surface area contributed by atoms with Crippen molar-refractivity contribution >= 4 is 39.5 Å². The van der Waals surface area contributed by atoms with Gasteiger partial charge in [0.05, 0.1) is 26.4 Å². The lowest BCUT2D eigenvalue weighted by molar-refractivity contribution is -0.161.